The lowest BCUT2D eigenvalue weighted by Gasteiger charge is -2.10. The fourth-order valence-corrected chi connectivity index (χ4v) is 2.02. The number of ether oxygens (including phenoxy) is 1. The molecule has 0 saturated heterocycles. The van der Waals surface area contributed by atoms with E-state index in [0.717, 1.165) is 23.5 Å². The fraction of sp³-hybridized carbons (Fsp3) is 0.333. The van der Waals surface area contributed by atoms with Crippen LogP contribution in [-0.2, 0) is 13.1 Å². The van der Waals surface area contributed by atoms with Crippen molar-refractivity contribution < 1.29 is 4.74 Å². The lowest BCUT2D eigenvalue weighted by molar-refractivity contribution is 0.340. The van der Waals surface area contributed by atoms with E-state index in [-0.39, 0.29) is 0 Å². The van der Waals surface area contributed by atoms with Gasteiger partial charge in [-0.1, -0.05) is 0 Å². The number of thiocarbonyl (C=S) groups is 1. The second-order valence-electron chi connectivity index (χ2n) is 4.47. The van der Waals surface area contributed by atoms with Crippen molar-refractivity contribution in [1.29, 1.82) is 0 Å². The average Bonchev–Trinajstić information content (AvgIpc) is 2.96. The van der Waals surface area contributed by atoms with Gasteiger partial charge in [0.2, 0.25) is 0 Å². The topological polar surface area (TPSA) is 51.1 Å². The summed E-state index contributed by atoms with van der Waals surface area (Å²) in [6.07, 6.45) is 3.85. The van der Waals surface area contributed by atoms with Gasteiger partial charge in [-0.15, -0.1) is 0 Å². The SMILES string of the molecule is CCOc1ccc(NC(=S)NCc2cnn(CC)c2)cc1. The number of aromatic nitrogens is 2. The minimum absolute atomic E-state index is 0.586. The normalized spacial score (nSPS) is 10.2. The summed E-state index contributed by atoms with van der Waals surface area (Å²) < 4.78 is 7.29. The first-order valence-corrected chi connectivity index (χ1v) is 7.41. The van der Waals surface area contributed by atoms with Gasteiger partial charge in [0.1, 0.15) is 5.75 Å². The number of aryl methyl sites for hydroxylation is 1. The number of anilines is 1. The predicted molar refractivity (Wildman–Crippen MR) is 88.6 cm³/mol. The third-order valence-corrected chi connectivity index (χ3v) is 3.13. The van der Waals surface area contributed by atoms with Crippen molar-refractivity contribution in [2.45, 2.75) is 26.9 Å². The van der Waals surface area contributed by atoms with Crippen LogP contribution in [-0.4, -0.2) is 21.5 Å². The van der Waals surface area contributed by atoms with E-state index in [1.807, 2.05) is 48.3 Å². The number of hydrogen-bond donors (Lipinski definition) is 2. The highest BCUT2D eigenvalue weighted by molar-refractivity contribution is 7.80. The highest BCUT2D eigenvalue weighted by Crippen LogP contribution is 2.15. The van der Waals surface area contributed by atoms with Gasteiger partial charge in [0.15, 0.2) is 5.11 Å². The van der Waals surface area contributed by atoms with Gasteiger partial charge in [-0.05, 0) is 50.3 Å². The first-order chi connectivity index (χ1) is 10.2. The molecule has 0 aliphatic heterocycles. The Kier molecular flexibility index (Phi) is 5.57. The van der Waals surface area contributed by atoms with Gasteiger partial charge in [0.25, 0.3) is 0 Å². The minimum atomic E-state index is 0.586. The first kappa shape index (κ1) is 15.3. The zero-order valence-corrected chi connectivity index (χ0v) is 13.1. The van der Waals surface area contributed by atoms with E-state index in [1.165, 1.54) is 0 Å². The van der Waals surface area contributed by atoms with Gasteiger partial charge in [-0.3, -0.25) is 4.68 Å². The van der Waals surface area contributed by atoms with Crippen molar-refractivity contribution >= 4 is 23.0 Å². The van der Waals surface area contributed by atoms with Crippen molar-refractivity contribution in [2.75, 3.05) is 11.9 Å². The molecule has 1 aromatic carbocycles. The summed E-state index contributed by atoms with van der Waals surface area (Å²) in [5.41, 5.74) is 2.04. The van der Waals surface area contributed by atoms with Gasteiger partial charge >= 0.3 is 0 Å². The van der Waals surface area contributed by atoms with Crippen LogP contribution in [0.5, 0.6) is 5.75 Å². The molecule has 2 rings (SSSR count). The molecular formula is C15H20N4OS. The molecule has 0 aliphatic carbocycles. The third kappa shape index (κ3) is 4.75. The molecule has 1 heterocycles. The molecule has 0 fully saturated rings. The number of rotatable bonds is 6. The molecule has 6 heteroatoms. The van der Waals surface area contributed by atoms with E-state index >= 15 is 0 Å². The van der Waals surface area contributed by atoms with E-state index in [1.54, 1.807) is 0 Å². The number of hydrogen-bond acceptors (Lipinski definition) is 3. The molecule has 0 aliphatic rings. The summed E-state index contributed by atoms with van der Waals surface area (Å²) in [4.78, 5) is 0. The molecule has 0 atom stereocenters. The third-order valence-electron chi connectivity index (χ3n) is 2.89. The molecule has 5 nitrogen and oxygen atoms in total. The molecule has 1 aromatic heterocycles. The number of nitrogens with zero attached hydrogens (tertiary/aromatic N) is 2. The molecule has 0 radical (unpaired) electrons. The molecule has 0 spiro atoms. The summed E-state index contributed by atoms with van der Waals surface area (Å²) in [5.74, 6) is 0.855. The molecule has 0 amide bonds. The zero-order valence-electron chi connectivity index (χ0n) is 12.3. The largest absolute Gasteiger partial charge is 0.494 e. The second kappa shape index (κ2) is 7.64. The molecular weight excluding hydrogens is 284 g/mol. The predicted octanol–water partition coefficient (Wildman–Crippen LogP) is 2.79. The van der Waals surface area contributed by atoms with Gasteiger partial charge in [0, 0.05) is 30.5 Å². The maximum absolute atomic E-state index is 5.40. The molecule has 0 bridgehead atoms. The summed E-state index contributed by atoms with van der Waals surface area (Å²) in [5, 5.41) is 11.1. The van der Waals surface area contributed by atoms with Crippen LogP contribution in [0.4, 0.5) is 5.69 Å². The maximum Gasteiger partial charge on any atom is 0.171 e. The van der Waals surface area contributed by atoms with Gasteiger partial charge in [-0.25, -0.2) is 0 Å². The monoisotopic (exact) mass is 304 g/mol. The average molecular weight is 304 g/mol. The molecule has 2 N–H and O–H groups in total. The maximum atomic E-state index is 5.40. The van der Waals surface area contributed by atoms with Crippen LogP contribution >= 0.6 is 12.2 Å². The van der Waals surface area contributed by atoms with Crippen LogP contribution in [0.1, 0.15) is 19.4 Å². The Labute approximate surface area is 130 Å². The Balaban J connectivity index is 1.81. The molecule has 21 heavy (non-hydrogen) atoms. The van der Waals surface area contributed by atoms with Crippen molar-refractivity contribution in [3.05, 3.63) is 42.2 Å². The summed E-state index contributed by atoms with van der Waals surface area (Å²) in [7, 11) is 0. The molecule has 0 unspecified atom stereocenters. The van der Waals surface area contributed by atoms with E-state index in [4.69, 9.17) is 17.0 Å². The Morgan fingerprint density at radius 3 is 2.67 bits per heavy atom. The lowest BCUT2D eigenvalue weighted by atomic mass is 10.3. The van der Waals surface area contributed by atoms with Crippen LogP contribution in [0.15, 0.2) is 36.7 Å². The minimum Gasteiger partial charge on any atom is -0.494 e. The Hall–Kier alpha value is -2.08. The van der Waals surface area contributed by atoms with Gasteiger partial charge in [-0.2, -0.15) is 5.10 Å². The van der Waals surface area contributed by atoms with Gasteiger partial charge < -0.3 is 15.4 Å². The van der Waals surface area contributed by atoms with E-state index in [0.29, 0.717) is 18.3 Å². The summed E-state index contributed by atoms with van der Waals surface area (Å²) in [6, 6.07) is 7.71. The Bertz CT molecular complexity index is 580. The fourth-order valence-electron chi connectivity index (χ4n) is 1.83. The van der Waals surface area contributed by atoms with Crippen LogP contribution in [0.2, 0.25) is 0 Å². The highest BCUT2D eigenvalue weighted by atomic mass is 32.1. The van der Waals surface area contributed by atoms with Crippen molar-refractivity contribution in [3.63, 3.8) is 0 Å². The molecule has 0 saturated carbocycles. The molecule has 112 valence electrons. The summed E-state index contributed by atoms with van der Waals surface area (Å²) in [6.45, 7) is 6.21. The van der Waals surface area contributed by atoms with Crippen LogP contribution < -0.4 is 15.4 Å². The van der Waals surface area contributed by atoms with Crippen molar-refractivity contribution in [3.8, 4) is 5.75 Å². The molecule has 2 aromatic rings. The lowest BCUT2D eigenvalue weighted by Crippen LogP contribution is -2.27. The highest BCUT2D eigenvalue weighted by Gasteiger charge is 2.01. The summed E-state index contributed by atoms with van der Waals surface area (Å²) >= 11 is 5.27. The van der Waals surface area contributed by atoms with E-state index in [2.05, 4.69) is 22.7 Å². The quantitative estimate of drug-likeness (QED) is 0.804. The Morgan fingerprint density at radius 2 is 2.05 bits per heavy atom. The number of benzene rings is 1. The van der Waals surface area contributed by atoms with Crippen LogP contribution in [0, 0.1) is 0 Å². The van der Waals surface area contributed by atoms with Gasteiger partial charge in [0.05, 0.1) is 12.8 Å². The van der Waals surface area contributed by atoms with E-state index in [9.17, 15) is 0 Å². The standard InChI is InChI=1S/C15H20N4OS/c1-3-19-11-12(10-17-19)9-16-15(21)18-13-5-7-14(8-6-13)20-4-2/h5-8,10-11H,3-4,9H2,1-2H3,(H2,16,18,21). The van der Waals surface area contributed by atoms with Crippen molar-refractivity contribution in [2.24, 2.45) is 0 Å². The smallest absolute Gasteiger partial charge is 0.171 e. The Morgan fingerprint density at radius 1 is 1.29 bits per heavy atom. The second-order valence-corrected chi connectivity index (χ2v) is 4.88. The van der Waals surface area contributed by atoms with Crippen LogP contribution in [0.3, 0.4) is 0 Å². The zero-order chi connectivity index (χ0) is 15.1. The van der Waals surface area contributed by atoms with Crippen molar-refractivity contribution in [1.82, 2.24) is 15.1 Å². The number of nitrogens with one attached hydrogen (secondary N) is 2. The van der Waals surface area contributed by atoms with E-state index < -0.39 is 0 Å². The first-order valence-electron chi connectivity index (χ1n) is 7.00. The van der Waals surface area contributed by atoms with Crippen LogP contribution in [0.25, 0.3) is 0 Å².